The third-order valence-corrected chi connectivity index (χ3v) is 3.78. The van der Waals surface area contributed by atoms with Gasteiger partial charge in [-0.15, -0.1) is 0 Å². The Labute approximate surface area is 153 Å². The van der Waals surface area contributed by atoms with Crippen molar-refractivity contribution in [3.05, 3.63) is 53.6 Å². The number of amides is 1. The van der Waals surface area contributed by atoms with Gasteiger partial charge in [0.2, 0.25) is 0 Å². The Bertz CT molecular complexity index is 746. The molecule has 26 heavy (non-hydrogen) atoms. The first-order valence-corrected chi connectivity index (χ1v) is 8.23. The molecule has 0 aromatic heterocycles. The molecule has 6 heteroatoms. The van der Waals surface area contributed by atoms with Crippen LogP contribution in [0.4, 0.5) is 5.69 Å². The predicted octanol–water partition coefficient (Wildman–Crippen LogP) is 3.62. The molecule has 6 nitrogen and oxygen atoms in total. The molecule has 0 spiro atoms. The smallest absolute Gasteiger partial charge is 0.338 e. The van der Waals surface area contributed by atoms with Crippen LogP contribution in [-0.2, 0) is 9.53 Å². The Morgan fingerprint density at radius 2 is 1.54 bits per heavy atom. The maximum Gasteiger partial charge on any atom is 0.338 e. The Hall–Kier alpha value is -3.02. The second kappa shape index (κ2) is 8.89. The summed E-state index contributed by atoms with van der Waals surface area (Å²) in [6.45, 7) is 3.81. The van der Waals surface area contributed by atoms with E-state index in [1.807, 2.05) is 24.3 Å². The summed E-state index contributed by atoms with van der Waals surface area (Å²) in [5, 5.41) is 2.69. The van der Waals surface area contributed by atoms with Crippen LogP contribution < -0.4 is 14.8 Å². The second-order valence-corrected chi connectivity index (χ2v) is 6.00. The first kappa shape index (κ1) is 19.3. The van der Waals surface area contributed by atoms with Crippen LogP contribution in [0.2, 0.25) is 0 Å². The summed E-state index contributed by atoms with van der Waals surface area (Å²) in [7, 11) is 2.98. The van der Waals surface area contributed by atoms with E-state index in [2.05, 4.69) is 19.2 Å². The van der Waals surface area contributed by atoms with Gasteiger partial charge in [-0.05, 0) is 35.7 Å². The molecule has 0 unspecified atom stereocenters. The molecule has 2 aromatic rings. The monoisotopic (exact) mass is 357 g/mol. The average Bonchev–Trinajstić information content (AvgIpc) is 2.65. The quantitative estimate of drug-likeness (QED) is 0.766. The number of nitrogens with one attached hydrogen (secondary N) is 1. The maximum absolute atomic E-state index is 12.1. The highest BCUT2D eigenvalue weighted by Gasteiger charge is 2.13. The van der Waals surface area contributed by atoms with Crippen molar-refractivity contribution < 1.29 is 23.8 Å². The zero-order valence-corrected chi connectivity index (χ0v) is 15.4. The highest BCUT2D eigenvalue weighted by atomic mass is 16.5. The molecule has 0 atom stereocenters. The van der Waals surface area contributed by atoms with E-state index in [1.54, 1.807) is 6.07 Å². The lowest BCUT2D eigenvalue weighted by molar-refractivity contribution is -0.119. The first-order chi connectivity index (χ1) is 12.4. The molecular weight excluding hydrogens is 334 g/mol. The zero-order chi connectivity index (χ0) is 19.1. The van der Waals surface area contributed by atoms with Gasteiger partial charge in [0.1, 0.15) is 11.5 Å². The van der Waals surface area contributed by atoms with E-state index in [0.717, 1.165) is 0 Å². The van der Waals surface area contributed by atoms with Gasteiger partial charge >= 0.3 is 5.97 Å². The molecule has 1 amide bonds. The molecule has 0 fully saturated rings. The Kier molecular flexibility index (Phi) is 6.60. The third kappa shape index (κ3) is 5.24. The summed E-state index contributed by atoms with van der Waals surface area (Å²) in [5.74, 6) is 0.301. The topological polar surface area (TPSA) is 73.9 Å². The van der Waals surface area contributed by atoms with Crippen molar-refractivity contribution in [1.82, 2.24) is 0 Å². The summed E-state index contributed by atoms with van der Waals surface area (Å²) < 4.78 is 15.3. The Morgan fingerprint density at radius 1 is 0.962 bits per heavy atom. The molecular formula is C20H23NO5. The van der Waals surface area contributed by atoms with E-state index in [-0.39, 0.29) is 12.2 Å². The lowest BCUT2D eigenvalue weighted by atomic mass is 10.0. The molecule has 0 heterocycles. The average molecular weight is 357 g/mol. The number of benzene rings is 2. The Morgan fingerprint density at radius 3 is 2.04 bits per heavy atom. The highest BCUT2D eigenvalue weighted by molar-refractivity contribution is 5.95. The number of anilines is 1. The summed E-state index contributed by atoms with van der Waals surface area (Å²) in [4.78, 5) is 24.1. The van der Waals surface area contributed by atoms with Crippen molar-refractivity contribution in [2.75, 3.05) is 26.1 Å². The fourth-order valence-electron chi connectivity index (χ4n) is 2.29. The van der Waals surface area contributed by atoms with Gasteiger partial charge in [0.05, 0.1) is 19.8 Å². The van der Waals surface area contributed by atoms with Gasteiger partial charge in [0, 0.05) is 11.8 Å². The van der Waals surface area contributed by atoms with Gasteiger partial charge in [0.25, 0.3) is 5.91 Å². The number of carbonyl (C=O) groups is 2. The summed E-state index contributed by atoms with van der Waals surface area (Å²) in [6, 6.07) is 12.2. The number of ether oxygens (including phenoxy) is 3. The minimum absolute atomic E-state index is 0.246. The molecule has 138 valence electrons. The van der Waals surface area contributed by atoms with Crippen molar-refractivity contribution >= 4 is 17.6 Å². The first-order valence-electron chi connectivity index (χ1n) is 8.23. The van der Waals surface area contributed by atoms with E-state index >= 15 is 0 Å². The van der Waals surface area contributed by atoms with Crippen molar-refractivity contribution in [2.45, 2.75) is 19.8 Å². The number of methoxy groups -OCH3 is 2. The van der Waals surface area contributed by atoms with Gasteiger partial charge in [0.15, 0.2) is 6.61 Å². The van der Waals surface area contributed by atoms with Gasteiger partial charge in [-0.2, -0.15) is 0 Å². The highest BCUT2D eigenvalue weighted by Crippen LogP contribution is 2.23. The van der Waals surface area contributed by atoms with Crippen LogP contribution in [0.3, 0.4) is 0 Å². The van der Waals surface area contributed by atoms with E-state index in [1.165, 1.54) is 31.9 Å². The standard InChI is InChI=1S/C20H23NO5/c1-13(2)14-5-7-16(8-6-14)21-19(22)12-26-20(23)15-9-17(24-3)11-18(10-15)25-4/h5-11,13H,12H2,1-4H3,(H,21,22). The number of hydrogen-bond acceptors (Lipinski definition) is 5. The second-order valence-electron chi connectivity index (χ2n) is 6.00. The van der Waals surface area contributed by atoms with E-state index in [0.29, 0.717) is 23.1 Å². The molecule has 0 radical (unpaired) electrons. The molecule has 1 N–H and O–H groups in total. The lowest BCUT2D eigenvalue weighted by Crippen LogP contribution is -2.21. The van der Waals surface area contributed by atoms with Gasteiger partial charge < -0.3 is 19.5 Å². The van der Waals surface area contributed by atoms with Crippen LogP contribution in [0.1, 0.15) is 35.7 Å². The van der Waals surface area contributed by atoms with Gasteiger partial charge in [-0.1, -0.05) is 26.0 Å². The zero-order valence-electron chi connectivity index (χ0n) is 15.4. The van der Waals surface area contributed by atoms with Crippen LogP contribution in [0.25, 0.3) is 0 Å². The minimum Gasteiger partial charge on any atom is -0.497 e. The summed E-state index contributed by atoms with van der Waals surface area (Å²) in [5.41, 5.74) is 2.08. The molecule has 0 saturated carbocycles. The Balaban J connectivity index is 1.93. The molecule has 2 rings (SSSR count). The molecule has 0 saturated heterocycles. The predicted molar refractivity (Wildman–Crippen MR) is 99.0 cm³/mol. The van der Waals surface area contributed by atoms with Crippen molar-refractivity contribution in [2.24, 2.45) is 0 Å². The molecule has 0 bridgehead atoms. The van der Waals surface area contributed by atoms with E-state index < -0.39 is 11.9 Å². The SMILES string of the molecule is COc1cc(OC)cc(C(=O)OCC(=O)Nc2ccc(C(C)C)cc2)c1. The number of carbonyl (C=O) groups excluding carboxylic acids is 2. The number of hydrogen-bond donors (Lipinski definition) is 1. The van der Waals surface area contributed by atoms with E-state index in [9.17, 15) is 9.59 Å². The summed E-state index contributed by atoms with van der Waals surface area (Å²) in [6.07, 6.45) is 0. The fourth-order valence-corrected chi connectivity index (χ4v) is 2.29. The van der Waals surface area contributed by atoms with Crippen molar-refractivity contribution in [1.29, 1.82) is 0 Å². The van der Waals surface area contributed by atoms with Crippen molar-refractivity contribution in [3.63, 3.8) is 0 Å². The molecule has 2 aromatic carbocycles. The molecule has 0 aliphatic carbocycles. The van der Waals surface area contributed by atoms with Crippen LogP contribution in [0.5, 0.6) is 11.5 Å². The fraction of sp³-hybridized carbons (Fsp3) is 0.300. The number of esters is 1. The van der Waals surface area contributed by atoms with Crippen LogP contribution in [0.15, 0.2) is 42.5 Å². The van der Waals surface area contributed by atoms with Crippen LogP contribution >= 0.6 is 0 Å². The third-order valence-electron chi connectivity index (χ3n) is 3.78. The maximum atomic E-state index is 12.1. The van der Waals surface area contributed by atoms with Crippen LogP contribution in [-0.4, -0.2) is 32.7 Å². The van der Waals surface area contributed by atoms with Gasteiger partial charge in [-0.25, -0.2) is 4.79 Å². The van der Waals surface area contributed by atoms with Crippen LogP contribution in [0, 0.1) is 0 Å². The molecule has 0 aliphatic rings. The largest absolute Gasteiger partial charge is 0.497 e. The van der Waals surface area contributed by atoms with E-state index in [4.69, 9.17) is 14.2 Å². The molecule has 0 aliphatic heterocycles. The van der Waals surface area contributed by atoms with Gasteiger partial charge in [-0.3, -0.25) is 4.79 Å². The number of rotatable bonds is 7. The normalized spacial score (nSPS) is 10.3. The van der Waals surface area contributed by atoms with Crippen molar-refractivity contribution in [3.8, 4) is 11.5 Å². The minimum atomic E-state index is -0.632. The lowest BCUT2D eigenvalue weighted by Gasteiger charge is -2.10. The summed E-state index contributed by atoms with van der Waals surface area (Å²) >= 11 is 0.